The zero-order chi connectivity index (χ0) is 18.7. The van der Waals surface area contributed by atoms with Crippen molar-refractivity contribution in [2.75, 3.05) is 20.3 Å². The monoisotopic (exact) mass is 346 g/mol. The van der Waals surface area contributed by atoms with Crippen LogP contribution in [0.1, 0.15) is 36.7 Å². The number of benzene rings is 1. The molecular weight excluding hydrogens is 320 g/mol. The SMILES string of the molecule is CCOC(C#CC(C)NC(=O)c1ccc(CC(=O)NC)cc1)OCC. The van der Waals surface area contributed by atoms with Crippen molar-refractivity contribution in [2.24, 2.45) is 0 Å². The molecule has 0 aliphatic heterocycles. The standard InChI is InChI=1S/C19H26N2O4/c1-5-24-18(25-6-2)12-7-14(3)21-19(23)16-10-8-15(9-11-16)13-17(22)20-4/h8-11,14,18H,5-6,13H2,1-4H3,(H,20,22)(H,21,23). The van der Waals surface area contributed by atoms with Crippen molar-refractivity contribution in [3.63, 3.8) is 0 Å². The molecule has 1 unspecified atom stereocenters. The highest BCUT2D eigenvalue weighted by atomic mass is 16.7. The molecule has 1 aromatic rings. The maximum atomic E-state index is 12.2. The highest BCUT2D eigenvalue weighted by Gasteiger charge is 2.09. The van der Waals surface area contributed by atoms with Gasteiger partial charge in [0.15, 0.2) is 0 Å². The van der Waals surface area contributed by atoms with Gasteiger partial charge in [-0.2, -0.15) is 0 Å². The molecule has 6 nitrogen and oxygen atoms in total. The molecule has 1 rings (SSSR count). The van der Waals surface area contributed by atoms with Gasteiger partial charge in [0.1, 0.15) is 0 Å². The van der Waals surface area contributed by atoms with E-state index in [0.717, 1.165) is 5.56 Å². The molecule has 0 heterocycles. The van der Waals surface area contributed by atoms with Gasteiger partial charge in [-0.15, -0.1) is 0 Å². The van der Waals surface area contributed by atoms with Gasteiger partial charge in [-0.3, -0.25) is 9.59 Å². The number of hydrogen-bond donors (Lipinski definition) is 2. The molecule has 2 N–H and O–H groups in total. The summed E-state index contributed by atoms with van der Waals surface area (Å²) in [7, 11) is 1.59. The Morgan fingerprint density at radius 1 is 1.08 bits per heavy atom. The van der Waals surface area contributed by atoms with Crippen LogP contribution in [0.4, 0.5) is 0 Å². The summed E-state index contributed by atoms with van der Waals surface area (Å²) in [4.78, 5) is 23.6. The van der Waals surface area contributed by atoms with E-state index < -0.39 is 6.29 Å². The van der Waals surface area contributed by atoms with Crippen LogP contribution in [-0.2, 0) is 20.7 Å². The van der Waals surface area contributed by atoms with Gasteiger partial charge in [0, 0.05) is 25.8 Å². The first-order chi connectivity index (χ1) is 12.0. The number of carbonyl (C=O) groups is 2. The number of hydrogen-bond acceptors (Lipinski definition) is 4. The number of rotatable bonds is 8. The van der Waals surface area contributed by atoms with E-state index in [2.05, 4.69) is 22.5 Å². The van der Waals surface area contributed by atoms with E-state index in [1.807, 2.05) is 13.8 Å². The van der Waals surface area contributed by atoms with Gasteiger partial charge in [-0.25, -0.2) is 0 Å². The molecular formula is C19H26N2O4. The summed E-state index contributed by atoms with van der Waals surface area (Å²) in [5.74, 6) is 5.48. The molecule has 1 atom stereocenters. The van der Waals surface area contributed by atoms with E-state index >= 15 is 0 Å². The summed E-state index contributed by atoms with van der Waals surface area (Å²) in [5, 5.41) is 5.37. The fourth-order valence-electron chi connectivity index (χ4n) is 1.99. The van der Waals surface area contributed by atoms with Crippen molar-refractivity contribution >= 4 is 11.8 Å². The minimum atomic E-state index is -0.585. The molecule has 0 spiro atoms. The normalized spacial score (nSPS) is 11.4. The number of carbonyl (C=O) groups excluding carboxylic acids is 2. The minimum Gasteiger partial charge on any atom is -0.359 e. The highest BCUT2D eigenvalue weighted by molar-refractivity contribution is 5.94. The van der Waals surface area contributed by atoms with Crippen LogP contribution < -0.4 is 10.6 Å². The lowest BCUT2D eigenvalue weighted by Gasteiger charge is -2.11. The molecule has 1 aromatic carbocycles. The number of ether oxygens (including phenoxy) is 2. The maximum Gasteiger partial charge on any atom is 0.252 e. The molecule has 6 heteroatoms. The molecule has 25 heavy (non-hydrogen) atoms. The van der Waals surface area contributed by atoms with Gasteiger partial charge >= 0.3 is 0 Å². The average molecular weight is 346 g/mol. The predicted molar refractivity (Wildman–Crippen MR) is 96.0 cm³/mol. The Hall–Kier alpha value is -2.36. The first-order valence-electron chi connectivity index (χ1n) is 8.34. The lowest BCUT2D eigenvalue weighted by molar-refractivity contribution is -0.119. The van der Waals surface area contributed by atoms with E-state index in [1.54, 1.807) is 38.2 Å². The van der Waals surface area contributed by atoms with Crippen molar-refractivity contribution in [1.82, 2.24) is 10.6 Å². The second-order valence-corrected chi connectivity index (χ2v) is 5.27. The molecule has 0 saturated heterocycles. The van der Waals surface area contributed by atoms with E-state index in [0.29, 0.717) is 18.8 Å². The zero-order valence-corrected chi connectivity index (χ0v) is 15.2. The van der Waals surface area contributed by atoms with Gasteiger partial charge in [-0.1, -0.05) is 18.1 Å². The largest absolute Gasteiger partial charge is 0.359 e. The summed E-state index contributed by atoms with van der Waals surface area (Å²) in [6, 6.07) is 6.57. The predicted octanol–water partition coefficient (Wildman–Crippen LogP) is 1.50. The Morgan fingerprint density at radius 3 is 2.20 bits per heavy atom. The van der Waals surface area contributed by atoms with E-state index in [-0.39, 0.29) is 24.3 Å². The Bertz CT molecular complexity index is 611. The first-order valence-corrected chi connectivity index (χ1v) is 8.34. The molecule has 0 radical (unpaired) electrons. The van der Waals surface area contributed by atoms with Crippen LogP contribution >= 0.6 is 0 Å². The summed E-state index contributed by atoms with van der Waals surface area (Å²) >= 11 is 0. The summed E-state index contributed by atoms with van der Waals surface area (Å²) in [5.41, 5.74) is 1.36. The quantitative estimate of drug-likeness (QED) is 0.552. The van der Waals surface area contributed by atoms with E-state index in [1.165, 1.54) is 0 Å². The van der Waals surface area contributed by atoms with Gasteiger partial charge in [0.25, 0.3) is 5.91 Å². The number of amides is 2. The summed E-state index contributed by atoms with van der Waals surface area (Å²) < 4.78 is 10.7. The van der Waals surface area contributed by atoms with Crippen molar-refractivity contribution in [1.29, 1.82) is 0 Å². The molecule has 2 amide bonds. The van der Waals surface area contributed by atoms with Crippen molar-refractivity contribution < 1.29 is 19.1 Å². The maximum absolute atomic E-state index is 12.2. The summed E-state index contributed by atoms with van der Waals surface area (Å²) in [6.07, 6.45) is -0.297. The third kappa shape index (κ3) is 7.84. The van der Waals surface area contributed by atoms with Gasteiger partial charge in [-0.05, 0) is 44.4 Å². The van der Waals surface area contributed by atoms with E-state index in [9.17, 15) is 9.59 Å². The molecule has 136 valence electrons. The Kier molecular flexibility index (Phi) is 9.30. The fourth-order valence-corrected chi connectivity index (χ4v) is 1.99. The van der Waals surface area contributed by atoms with Crippen LogP contribution in [-0.4, -0.2) is 44.4 Å². The van der Waals surface area contributed by atoms with Crippen LogP contribution in [0.5, 0.6) is 0 Å². The van der Waals surface area contributed by atoms with Crippen molar-refractivity contribution in [2.45, 2.75) is 39.5 Å². The van der Waals surface area contributed by atoms with Crippen LogP contribution in [0.3, 0.4) is 0 Å². The Labute approximate surface area is 149 Å². The topological polar surface area (TPSA) is 76.7 Å². The molecule has 0 bridgehead atoms. The zero-order valence-electron chi connectivity index (χ0n) is 15.2. The van der Waals surface area contributed by atoms with Gasteiger partial charge in [0.05, 0.1) is 12.5 Å². The first kappa shape index (κ1) is 20.7. The average Bonchev–Trinajstić information content (AvgIpc) is 2.60. The van der Waals surface area contributed by atoms with Crippen LogP contribution in [0.15, 0.2) is 24.3 Å². The lowest BCUT2D eigenvalue weighted by Crippen LogP contribution is -2.31. The van der Waals surface area contributed by atoms with Gasteiger partial charge in [0.2, 0.25) is 12.2 Å². The molecule has 0 aromatic heterocycles. The minimum absolute atomic E-state index is 0.0701. The van der Waals surface area contributed by atoms with Crippen LogP contribution in [0.2, 0.25) is 0 Å². The van der Waals surface area contributed by atoms with Crippen LogP contribution in [0, 0.1) is 11.8 Å². The third-order valence-corrected chi connectivity index (χ3v) is 3.26. The van der Waals surface area contributed by atoms with Crippen molar-refractivity contribution in [3.8, 4) is 11.8 Å². The second-order valence-electron chi connectivity index (χ2n) is 5.27. The number of likely N-dealkylation sites (N-methyl/N-ethyl adjacent to an activating group) is 1. The lowest BCUT2D eigenvalue weighted by atomic mass is 10.1. The summed E-state index contributed by atoms with van der Waals surface area (Å²) in [6.45, 7) is 6.53. The van der Waals surface area contributed by atoms with Crippen molar-refractivity contribution in [3.05, 3.63) is 35.4 Å². The highest BCUT2D eigenvalue weighted by Crippen LogP contribution is 2.06. The smallest absolute Gasteiger partial charge is 0.252 e. The molecule has 0 fully saturated rings. The molecule has 0 saturated carbocycles. The molecule has 0 aliphatic carbocycles. The van der Waals surface area contributed by atoms with Crippen LogP contribution in [0.25, 0.3) is 0 Å². The number of nitrogens with one attached hydrogen (secondary N) is 2. The second kappa shape index (κ2) is 11.2. The Morgan fingerprint density at radius 2 is 1.68 bits per heavy atom. The molecule has 0 aliphatic rings. The fraction of sp³-hybridized carbons (Fsp3) is 0.474. The Balaban J connectivity index is 2.61. The third-order valence-electron chi connectivity index (χ3n) is 3.26. The van der Waals surface area contributed by atoms with E-state index in [4.69, 9.17) is 9.47 Å². The van der Waals surface area contributed by atoms with Gasteiger partial charge < -0.3 is 20.1 Å².